The lowest BCUT2D eigenvalue weighted by Gasteiger charge is -2.37. The number of rotatable bonds is 8. The number of pyridine rings is 1. The Labute approximate surface area is 354 Å². The number of piperazine rings is 1. The first-order valence-electron chi connectivity index (χ1n) is 21.1. The van der Waals surface area contributed by atoms with Crippen LogP contribution >= 0.6 is 11.6 Å². The van der Waals surface area contributed by atoms with E-state index in [0.29, 0.717) is 65.1 Å². The summed E-state index contributed by atoms with van der Waals surface area (Å²) >= 11 is 6.68. The summed E-state index contributed by atoms with van der Waals surface area (Å²) in [6.07, 6.45) is 5.92. The van der Waals surface area contributed by atoms with E-state index in [-0.39, 0.29) is 34.6 Å². The van der Waals surface area contributed by atoms with Gasteiger partial charge in [0.1, 0.15) is 5.02 Å². The molecule has 318 valence electrons. The van der Waals surface area contributed by atoms with Gasteiger partial charge >= 0.3 is 5.92 Å². The van der Waals surface area contributed by atoms with Gasteiger partial charge in [-0.2, -0.15) is 10.1 Å². The highest BCUT2D eigenvalue weighted by molar-refractivity contribution is 6.33. The van der Waals surface area contributed by atoms with E-state index in [0.717, 1.165) is 74.4 Å². The molecule has 61 heavy (non-hydrogen) atoms. The Morgan fingerprint density at radius 1 is 0.984 bits per heavy atom. The Bertz CT molecular complexity index is 2710. The molecule has 2 amide bonds. The predicted molar refractivity (Wildman–Crippen MR) is 227 cm³/mol. The van der Waals surface area contributed by atoms with Crippen LogP contribution in [0.4, 0.5) is 37.6 Å². The maximum Gasteiger partial charge on any atom is 0.301 e. The number of halogens is 3. The molecule has 0 spiro atoms. The normalized spacial score (nSPS) is 26.1. The van der Waals surface area contributed by atoms with E-state index in [9.17, 15) is 14.4 Å². The highest BCUT2D eigenvalue weighted by atomic mass is 35.5. The predicted octanol–water partition coefficient (Wildman–Crippen LogP) is 5.14. The van der Waals surface area contributed by atoms with E-state index in [1.54, 1.807) is 19.3 Å². The Morgan fingerprint density at radius 3 is 2.57 bits per heavy atom. The zero-order valence-electron chi connectivity index (χ0n) is 33.9. The van der Waals surface area contributed by atoms with Crippen molar-refractivity contribution >= 4 is 74.0 Å². The summed E-state index contributed by atoms with van der Waals surface area (Å²) < 4.78 is 39.2. The van der Waals surface area contributed by atoms with E-state index in [1.807, 2.05) is 23.9 Å². The summed E-state index contributed by atoms with van der Waals surface area (Å²) in [5, 5.41) is 15.4. The van der Waals surface area contributed by atoms with E-state index in [1.165, 1.54) is 4.57 Å². The third kappa shape index (κ3) is 6.53. The van der Waals surface area contributed by atoms with Crippen molar-refractivity contribution in [2.45, 2.75) is 62.4 Å². The minimum Gasteiger partial charge on any atom is -0.480 e. The van der Waals surface area contributed by atoms with Gasteiger partial charge in [0, 0.05) is 93.4 Å². The summed E-state index contributed by atoms with van der Waals surface area (Å²) in [4.78, 5) is 54.5. The SMILES string of the molecule is Cn1nc(C2CCC(=O)NC2=O)c2ccc(N3CCN(C[C@@]45CCN(c6ncc(Cl)c(Nc7ccc8c(c7)c7c(c(=O)n8C)OCC(F)(F)[C@H](C8CC8)N7)n6)[C@@H]4C5)CC3)cc21. The molecular formula is C43H46ClF2N11O4. The van der Waals surface area contributed by atoms with Crippen LogP contribution in [0.3, 0.4) is 0 Å². The Kier molecular flexibility index (Phi) is 8.80. The number of carbonyl (C=O) groups excluding carboxylic acids is 2. The van der Waals surface area contributed by atoms with Crippen molar-refractivity contribution in [3.8, 4) is 5.75 Å². The lowest BCUT2D eigenvalue weighted by molar-refractivity contribution is -0.134. The molecule has 4 atom stereocenters. The van der Waals surface area contributed by atoms with Crippen molar-refractivity contribution in [1.29, 1.82) is 0 Å². The molecule has 0 radical (unpaired) electrons. The summed E-state index contributed by atoms with van der Waals surface area (Å²) in [6.45, 7) is 4.67. The fraction of sp³-hybridized carbons (Fsp3) is 0.488. The van der Waals surface area contributed by atoms with Crippen molar-refractivity contribution in [2.24, 2.45) is 25.4 Å². The van der Waals surface area contributed by atoms with Crippen LogP contribution in [0.15, 0.2) is 47.4 Å². The van der Waals surface area contributed by atoms with E-state index in [4.69, 9.17) is 26.4 Å². The second kappa shape index (κ2) is 14.0. The number of hydrogen-bond acceptors (Lipinski definition) is 12. The van der Waals surface area contributed by atoms with Gasteiger partial charge in [-0.25, -0.2) is 13.8 Å². The van der Waals surface area contributed by atoms with Gasteiger partial charge in [-0.1, -0.05) is 11.6 Å². The summed E-state index contributed by atoms with van der Waals surface area (Å²) in [5.41, 5.74) is 4.01. The van der Waals surface area contributed by atoms with Gasteiger partial charge in [-0.15, -0.1) is 0 Å². The maximum absolute atomic E-state index is 15.2. The lowest BCUT2D eigenvalue weighted by atomic mass is 9.93. The smallest absolute Gasteiger partial charge is 0.301 e. The number of benzene rings is 2. The van der Waals surface area contributed by atoms with Gasteiger partial charge in [-0.3, -0.25) is 29.3 Å². The number of fused-ring (bicyclic) bond motifs is 5. The standard InChI is InChI=1S/C43H46ClF2N11O4/c1-53-30-9-5-24(17-28(30)35-36(40(53)60)61-22-43(45,46)37(50-35)23-3-4-23)48-38-29(44)20-47-41(51-38)57-12-11-42(19-32(42)57)21-55-13-15-56(16-14-55)25-6-7-26-31(18-25)54(2)52-34(26)27-8-10-33(58)49-39(27)59/h5-7,9,17-18,20,23,27,32,37,50H,3-4,8,10-16,19,21-22H2,1-2H3,(H,47,48,51)(H,49,58,59)/t27?,32-,37+,42+/m1/s1. The van der Waals surface area contributed by atoms with Crippen molar-refractivity contribution in [2.75, 3.05) is 66.3 Å². The van der Waals surface area contributed by atoms with Crippen LogP contribution in [0.1, 0.15) is 50.1 Å². The number of hydrogen-bond donors (Lipinski definition) is 3. The number of anilines is 5. The topological polar surface area (TPSA) is 155 Å². The van der Waals surface area contributed by atoms with Crippen LogP contribution in [0.25, 0.3) is 21.8 Å². The van der Waals surface area contributed by atoms with E-state index >= 15 is 8.78 Å². The first-order chi connectivity index (χ1) is 29.4. The van der Waals surface area contributed by atoms with Crippen molar-refractivity contribution in [1.82, 2.24) is 34.5 Å². The first kappa shape index (κ1) is 38.4. The number of amides is 2. The molecule has 3 aromatic heterocycles. The fourth-order valence-corrected chi connectivity index (χ4v) is 10.5. The van der Waals surface area contributed by atoms with Gasteiger partial charge in [0.05, 0.1) is 40.6 Å². The van der Waals surface area contributed by atoms with Crippen molar-refractivity contribution in [3.05, 3.63) is 63.7 Å². The zero-order chi connectivity index (χ0) is 41.9. The average Bonchev–Trinajstić information content (AvgIpc) is 4.16. The van der Waals surface area contributed by atoms with E-state index in [2.05, 4.69) is 53.8 Å². The summed E-state index contributed by atoms with van der Waals surface area (Å²) in [5.74, 6) is -3.32. The number of piperidine rings is 2. The number of aromatic nitrogens is 5. The largest absolute Gasteiger partial charge is 0.480 e. The number of imide groups is 1. The highest BCUT2D eigenvalue weighted by Crippen LogP contribution is 2.58. The molecule has 0 bridgehead atoms. The van der Waals surface area contributed by atoms with Gasteiger partial charge in [0.15, 0.2) is 12.4 Å². The zero-order valence-corrected chi connectivity index (χ0v) is 34.6. The molecule has 18 heteroatoms. The molecule has 5 aromatic rings. The van der Waals surface area contributed by atoms with Crippen LogP contribution < -0.4 is 36.0 Å². The monoisotopic (exact) mass is 853 g/mol. The summed E-state index contributed by atoms with van der Waals surface area (Å²) in [6, 6.07) is 10.9. The van der Waals surface area contributed by atoms with Crippen LogP contribution in [0.2, 0.25) is 5.02 Å². The number of carbonyl (C=O) groups is 2. The Hall–Kier alpha value is -5.55. The van der Waals surface area contributed by atoms with Gasteiger partial charge in [0.2, 0.25) is 23.5 Å². The quantitative estimate of drug-likeness (QED) is 0.177. The molecule has 2 aliphatic carbocycles. The molecule has 15 nitrogen and oxygen atoms in total. The molecule has 4 aliphatic heterocycles. The molecule has 7 heterocycles. The van der Waals surface area contributed by atoms with E-state index < -0.39 is 30.0 Å². The van der Waals surface area contributed by atoms with Gasteiger partial charge < -0.3 is 29.7 Å². The third-order valence-corrected chi connectivity index (χ3v) is 14.2. The average molecular weight is 854 g/mol. The van der Waals surface area contributed by atoms with Crippen LogP contribution in [-0.2, 0) is 23.7 Å². The molecule has 3 N–H and O–H groups in total. The molecule has 6 aliphatic rings. The van der Waals surface area contributed by atoms with Crippen LogP contribution in [-0.4, -0.2) is 105 Å². The second-order valence-corrected chi connectivity index (χ2v) is 18.2. The number of ether oxygens (including phenoxy) is 1. The van der Waals surface area contributed by atoms with Crippen LogP contribution in [0, 0.1) is 11.3 Å². The number of nitrogens with zero attached hydrogens (tertiary/aromatic N) is 8. The van der Waals surface area contributed by atoms with Gasteiger partial charge in [-0.05, 0) is 74.4 Å². The fourth-order valence-electron chi connectivity index (χ4n) is 10.3. The lowest BCUT2D eigenvalue weighted by Crippen LogP contribution is -2.48. The second-order valence-electron chi connectivity index (χ2n) is 17.8. The number of alkyl halides is 2. The molecule has 1 unspecified atom stereocenters. The molecule has 11 rings (SSSR count). The number of aryl methyl sites for hydroxylation is 2. The van der Waals surface area contributed by atoms with Gasteiger partial charge in [0.25, 0.3) is 5.56 Å². The van der Waals surface area contributed by atoms with Crippen molar-refractivity contribution < 1.29 is 23.1 Å². The minimum absolute atomic E-state index is 0.104. The number of nitrogens with one attached hydrogen (secondary N) is 3. The molecule has 2 saturated carbocycles. The highest BCUT2D eigenvalue weighted by Gasteiger charge is 2.62. The summed E-state index contributed by atoms with van der Waals surface area (Å²) in [7, 11) is 3.51. The molecule has 2 aromatic carbocycles. The Morgan fingerprint density at radius 2 is 1.80 bits per heavy atom. The molecular weight excluding hydrogens is 808 g/mol. The van der Waals surface area contributed by atoms with Crippen LogP contribution in [0.5, 0.6) is 5.75 Å². The Balaban J connectivity index is 0.758. The molecule has 5 fully saturated rings. The maximum atomic E-state index is 15.2. The molecule has 3 saturated heterocycles. The minimum atomic E-state index is -3.13. The third-order valence-electron chi connectivity index (χ3n) is 13.9. The van der Waals surface area contributed by atoms with Crippen molar-refractivity contribution in [3.63, 3.8) is 0 Å². The first-order valence-corrected chi connectivity index (χ1v) is 21.5.